The van der Waals surface area contributed by atoms with Gasteiger partial charge in [0.2, 0.25) is 17.7 Å². The van der Waals surface area contributed by atoms with E-state index in [9.17, 15) is 24.0 Å². The van der Waals surface area contributed by atoms with Gasteiger partial charge in [-0.1, -0.05) is 44.4 Å². The molecule has 4 N–H and O–H groups in total. The zero-order valence-corrected chi connectivity index (χ0v) is 26.3. The highest BCUT2D eigenvalue weighted by Crippen LogP contribution is 2.29. The second kappa shape index (κ2) is 18.0. The number of nitrogens with one attached hydrogen (secondary N) is 2. The van der Waals surface area contributed by atoms with Crippen LogP contribution in [0.5, 0.6) is 0 Å². The van der Waals surface area contributed by atoms with Crippen molar-refractivity contribution >= 4 is 29.8 Å². The number of aryl methyl sites for hydroxylation is 2. The first-order valence-corrected chi connectivity index (χ1v) is 14.8. The maximum atomic E-state index is 14.3. The van der Waals surface area contributed by atoms with Crippen molar-refractivity contribution in [1.82, 2.24) is 15.5 Å². The number of esters is 1. The van der Waals surface area contributed by atoms with Crippen molar-refractivity contribution < 1.29 is 33.4 Å². The van der Waals surface area contributed by atoms with Crippen molar-refractivity contribution in [3.63, 3.8) is 0 Å². The normalized spacial score (nSPS) is 12.5. The summed E-state index contributed by atoms with van der Waals surface area (Å²) in [5, 5.41) is 5.41. The summed E-state index contributed by atoms with van der Waals surface area (Å²) in [5.74, 6) is -2.07. The molecule has 0 heterocycles. The smallest absolute Gasteiger partial charge is 0.408 e. The zero-order chi connectivity index (χ0) is 31.9. The van der Waals surface area contributed by atoms with Crippen molar-refractivity contribution in [2.45, 2.75) is 111 Å². The summed E-state index contributed by atoms with van der Waals surface area (Å²) in [4.78, 5) is 65.9. The minimum Gasteiger partial charge on any atom is -0.466 e. The molecule has 11 nitrogen and oxygen atoms in total. The lowest BCUT2D eigenvalue weighted by molar-refractivity contribution is -0.144. The molecule has 42 heavy (non-hydrogen) atoms. The molecular formula is C31H50N4O7. The number of amides is 4. The number of rotatable bonds is 17. The monoisotopic (exact) mass is 590 g/mol. The first-order chi connectivity index (χ1) is 19.7. The van der Waals surface area contributed by atoms with Gasteiger partial charge in [0.05, 0.1) is 13.0 Å². The number of unbranched alkanes of at least 4 members (excludes halogenated alkanes) is 3. The molecule has 0 radical (unpaired) electrons. The molecule has 0 saturated heterocycles. The van der Waals surface area contributed by atoms with E-state index in [0.29, 0.717) is 12.0 Å². The number of carbonyl (C=O) groups is 5. The number of alkyl carbamates (subject to hydrolysis) is 1. The molecule has 0 aliphatic carbocycles. The maximum Gasteiger partial charge on any atom is 0.408 e. The largest absolute Gasteiger partial charge is 0.466 e. The van der Waals surface area contributed by atoms with E-state index in [4.69, 9.17) is 15.2 Å². The highest BCUT2D eigenvalue weighted by Gasteiger charge is 2.37. The first-order valence-electron chi connectivity index (χ1n) is 14.8. The Kier molecular flexibility index (Phi) is 15.6. The highest BCUT2D eigenvalue weighted by molar-refractivity contribution is 5.93. The summed E-state index contributed by atoms with van der Waals surface area (Å²) in [6.07, 6.45) is 2.30. The fourth-order valence-electron chi connectivity index (χ4n) is 4.57. The number of ether oxygens (including phenoxy) is 2. The molecule has 1 aromatic carbocycles. The van der Waals surface area contributed by atoms with E-state index in [1.54, 1.807) is 27.7 Å². The molecule has 0 bridgehead atoms. The van der Waals surface area contributed by atoms with Crippen LogP contribution in [-0.2, 0) is 28.7 Å². The molecule has 0 saturated carbocycles. The summed E-state index contributed by atoms with van der Waals surface area (Å²) < 4.78 is 10.4. The van der Waals surface area contributed by atoms with Crippen LogP contribution in [0.25, 0.3) is 0 Å². The summed E-state index contributed by atoms with van der Waals surface area (Å²) in [6, 6.07) is 3.38. The molecule has 0 aliphatic rings. The fourth-order valence-corrected chi connectivity index (χ4v) is 4.57. The Morgan fingerprint density at radius 1 is 0.976 bits per heavy atom. The molecule has 2 unspecified atom stereocenters. The number of hydrogen-bond acceptors (Lipinski definition) is 7. The van der Waals surface area contributed by atoms with Crippen LogP contribution in [0, 0.1) is 13.8 Å². The third-order valence-corrected chi connectivity index (χ3v) is 6.51. The molecule has 236 valence electrons. The van der Waals surface area contributed by atoms with Crippen molar-refractivity contribution in [3.05, 3.63) is 34.9 Å². The van der Waals surface area contributed by atoms with Crippen LogP contribution < -0.4 is 16.4 Å². The van der Waals surface area contributed by atoms with Crippen LogP contribution in [0.2, 0.25) is 0 Å². The van der Waals surface area contributed by atoms with Crippen LogP contribution in [-0.4, -0.2) is 66.0 Å². The van der Waals surface area contributed by atoms with E-state index in [-0.39, 0.29) is 39.0 Å². The third-order valence-electron chi connectivity index (χ3n) is 6.51. The Morgan fingerprint density at radius 3 is 2.17 bits per heavy atom. The maximum absolute atomic E-state index is 14.3. The van der Waals surface area contributed by atoms with Crippen LogP contribution in [0.15, 0.2) is 18.2 Å². The third kappa shape index (κ3) is 12.9. The van der Waals surface area contributed by atoms with Crippen LogP contribution >= 0.6 is 0 Å². The van der Waals surface area contributed by atoms with Gasteiger partial charge in [-0.05, 0) is 71.1 Å². The van der Waals surface area contributed by atoms with E-state index in [1.807, 2.05) is 32.0 Å². The van der Waals surface area contributed by atoms with Gasteiger partial charge in [0, 0.05) is 19.5 Å². The van der Waals surface area contributed by atoms with Gasteiger partial charge in [0.15, 0.2) is 0 Å². The van der Waals surface area contributed by atoms with Crippen LogP contribution in [0.4, 0.5) is 4.79 Å². The van der Waals surface area contributed by atoms with Gasteiger partial charge in [0.25, 0.3) is 0 Å². The van der Waals surface area contributed by atoms with Crippen molar-refractivity contribution in [1.29, 1.82) is 0 Å². The number of nitrogens with two attached hydrogens (primary N) is 1. The predicted molar refractivity (Wildman–Crippen MR) is 160 cm³/mol. The lowest BCUT2D eigenvalue weighted by Crippen LogP contribution is -2.53. The van der Waals surface area contributed by atoms with Gasteiger partial charge < -0.3 is 30.7 Å². The Morgan fingerprint density at radius 2 is 1.62 bits per heavy atom. The second-order valence-electron chi connectivity index (χ2n) is 11.4. The van der Waals surface area contributed by atoms with Gasteiger partial charge >= 0.3 is 12.1 Å². The molecular weight excluding hydrogens is 540 g/mol. The topological polar surface area (TPSA) is 157 Å². The molecule has 1 aromatic rings. The average Bonchev–Trinajstić information content (AvgIpc) is 2.88. The molecule has 0 aliphatic heterocycles. The highest BCUT2D eigenvalue weighted by atomic mass is 16.6. The van der Waals surface area contributed by atoms with E-state index < -0.39 is 47.5 Å². The van der Waals surface area contributed by atoms with Crippen LogP contribution in [0.3, 0.4) is 0 Å². The van der Waals surface area contributed by atoms with E-state index in [2.05, 4.69) is 17.6 Å². The van der Waals surface area contributed by atoms with E-state index >= 15 is 0 Å². The number of nitrogens with zero attached hydrogens (tertiary/aromatic N) is 1. The first kappa shape index (κ1) is 36.4. The lowest BCUT2D eigenvalue weighted by atomic mass is 9.93. The average molecular weight is 591 g/mol. The van der Waals surface area contributed by atoms with Crippen molar-refractivity contribution in [2.75, 3.05) is 19.7 Å². The molecule has 2 atom stereocenters. The summed E-state index contributed by atoms with van der Waals surface area (Å²) >= 11 is 0. The van der Waals surface area contributed by atoms with Crippen molar-refractivity contribution in [2.24, 2.45) is 5.73 Å². The molecule has 4 amide bonds. The van der Waals surface area contributed by atoms with Gasteiger partial charge in [-0.15, -0.1) is 0 Å². The number of carbonyl (C=O) groups excluding carboxylic acids is 5. The Labute approximate surface area is 250 Å². The summed E-state index contributed by atoms with van der Waals surface area (Å²) in [7, 11) is 0. The van der Waals surface area contributed by atoms with E-state index in [1.165, 1.54) is 4.90 Å². The van der Waals surface area contributed by atoms with E-state index in [0.717, 1.165) is 30.4 Å². The van der Waals surface area contributed by atoms with Gasteiger partial charge in [0.1, 0.15) is 17.7 Å². The minimum absolute atomic E-state index is 0.0229. The molecule has 0 fully saturated rings. The Bertz CT molecular complexity index is 1050. The predicted octanol–water partition coefficient (Wildman–Crippen LogP) is 3.98. The van der Waals surface area contributed by atoms with Crippen molar-refractivity contribution in [3.8, 4) is 0 Å². The molecule has 0 spiro atoms. The Balaban J connectivity index is 3.56. The van der Waals surface area contributed by atoms with Gasteiger partial charge in [-0.25, -0.2) is 4.79 Å². The molecule has 0 aromatic heterocycles. The number of hydrogen-bond donors (Lipinski definition) is 3. The van der Waals surface area contributed by atoms with Crippen LogP contribution in [0.1, 0.15) is 102 Å². The number of primary amides is 1. The Hall–Kier alpha value is -3.63. The zero-order valence-electron chi connectivity index (χ0n) is 26.3. The summed E-state index contributed by atoms with van der Waals surface area (Å²) in [6.45, 7) is 13.1. The lowest BCUT2D eigenvalue weighted by Gasteiger charge is -2.36. The minimum atomic E-state index is -1.17. The standard InChI is InChI=1S/C31H50N4O7/c1-8-10-11-12-20-35(29(39)23(16-17-24(32)36)34-30(40)42-31(5,6)7)27(26-21(3)14-13-15-22(26)4)28(38)33-19-18-25(37)41-9-2/h13-15,23,27H,8-12,16-20H2,1-7H3,(H2,32,36)(H,33,38)(H,34,40). The molecule has 1 rings (SSSR count). The fraction of sp³-hybridized carbons (Fsp3) is 0.645. The van der Waals surface area contributed by atoms with Gasteiger partial charge in [-0.3, -0.25) is 19.2 Å². The summed E-state index contributed by atoms with van der Waals surface area (Å²) in [5.41, 5.74) is 6.84. The SMILES string of the molecule is CCCCCCN(C(=O)C(CCC(N)=O)NC(=O)OC(C)(C)C)C(C(=O)NCCC(=O)OCC)c1c(C)cccc1C. The molecule has 11 heteroatoms. The quantitative estimate of drug-likeness (QED) is 0.183. The van der Waals surface area contributed by atoms with Gasteiger partial charge in [-0.2, -0.15) is 0 Å². The second-order valence-corrected chi connectivity index (χ2v) is 11.4. The number of benzene rings is 1.